The minimum atomic E-state index is 0.876. The van der Waals surface area contributed by atoms with Gasteiger partial charge < -0.3 is 19.7 Å². The predicted molar refractivity (Wildman–Crippen MR) is 138 cm³/mol. The Morgan fingerprint density at radius 2 is 1.76 bits per heavy atom. The largest absolute Gasteiger partial charge is 0.376 e. The Bertz CT molecular complexity index is 1470. The summed E-state index contributed by atoms with van der Waals surface area (Å²) in [6.07, 6.45) is 5.56. The quantitative estimate of drug-likeness (QED) is 0.429. The number of piperazine rings is 1. The fourth-order valence-electron chi connectivity index (χ4n) is 4.68. The predicted octanol–water partition coefficient (Wildman–Crippen LogP) is 3.99. The Balaban J connectivity index is 1.42. The smallest absolute Gasteiger partial charge is 0.116 e. The van der Waals surface area contributed by atoms with Gasteiger partial charge in [-0.15, -0.1) is 0 Å². The maximum Gasteiger partial charge on any atom is 0.116 e. The van der Waals surface area contributed by atoms with Crippen LogP contribution in [0.4, 0.5) is 11.4 Å². The number of nitrogens with one attached hydrogen (secondary N) is 2. The van der Waals surface area contributed by atoms with Crippen LogP contribution in [0.2, 0.25) is 0 Å². The van der Waals surface area contributed by atoms with Crippen LogP contribution >= 0.6 is 0 Å². The second-order valence-electron chi connectivity index (χ2n) is 9.23. The van der Waals surface area contributed by atoms with E-state index in [2.05, 4.69) is 78.4 Å². The van der Waals surface area contributed by atoms with Crippen molar-refractivity contribution in [2.45, 2.75) is 0 Å². The molecule has 1 aromatic carbocycles. The van der Waals surface area contributed by atoms with Gasteiger partial charge in [0.25, 0.3) is 0 Å². The van der Waals surface area contributed by atoms with Crippen LogP contribution in [-0.4, -0.2) is 77.4 Å². The van der Waals surface area contributed by atoms with Crippen molar-refractivity contribution in [2.24, 2.45) is 0 Å². The fourth-order valence-corrected chi connectivity index (χ4v) is 4.68. The zero-order valence-electron chi connectivity index (χ0n) is 19.7. The van der Waals surface area contributed by atoms with Crippen LogP contribution in [0.15, 0.2) is 55.0 Å². The third-order valence-electron chi connectivity index (χ3n) is 6.72. The van der Waals surface area contributed by atoms with Gasteiger partial charge in [0.05, 0.1) is 35.0 Å². The lowest BCUT2D eigenvalue weighted by Crippen LogP contribution is -2.44. The molecule has 0 radical (unpaired) electrons. The van der Waals surface area contributed by atoms with Gasteiger partial charge in [-0.05, 0) is 37.4 Å². The van der Waals surface area contributed by atoms with Gasteiger partial charge in [0.1, 0.15) is 5.69 Å². The molecule has 0 spiro atoms. The number of H-pyrrole nitrogens is 2. The van der Waals surface area contributed by atoms with Gasteiger partial charge in [-0.25, -0.2) is 0 Å². The van der Waals surface area contributed by atoms with Crippen molar-refractivity contribution in [3.8, 4) is 22.6 Å². The molecule has 8 nitrogen and oxygen atoms in total. The van der Waals surface area contributed by atoms with E-state index in [4.69, 9.17) is 0 Å². The standard InChI is InChI=1S/C26H28N8/c1-32(2)18-11-17(14-27-15-18)22-13-20-24(16-28-22)30-31-26(20)23-12-19-21(29-23)5-4-6-25(19)34-9-7-33(3)8-10-34/h4-6,11-16,29H,7-10H2,1-3H3,(H,30,31). The number of hydrogen-bond acceptors (Lipinski definition) is 6. The molecule has 5 heterocycles. The van der Waals surface area contributed by atoms with E-state index < -0.39 is 0 Å². The Labute approximate surface area is 198 Å². The third-order valence-corrected chi connectivity index (χ3v) is 6.72. The molecule has 2 N–H and O–H groups in total. The highest BCUT2D eigenvalue weighted by Crippen LogP contribution is 2.34. The summed E-state index contributed by atoms with van der Waals surface area (Å²) >= 11 is 0. The van der Waals surface area contributed by atoms with Gasteiger partial charge in [0, 0.05) is 74.0 Å². The number of pyridine rings is 2. The highest BCUT2D eigenvalue weighted by Gasteiger charge is 2.19. The molecule has 0 aliphatic carbocycles. The lowest BCUT2D eigenvalue weighted by Gasteiger charge is -2.34. The molecule has 8 heteroatoms. The van der Waals surface area contributed by atoms with Crippen molar-refractivity contribution in [1.29, 1.82) is 0 Å². The molecule has 5 aromatic rings. The molecule has 1 saturated heterocycles. The second-order valence-corrected chi connectivity index (χ2v) is 9.23. The number of aromatic amines is 2. The van der Waals surface area contributed by atoms with Crippen molar-refractivity contribution in [1.82, 2.24) is 30.0 Å². The molecule has 34 heavy (non-hydrogen) atoms. The minimum absolute atomic E-state index is 0.876. The lowest BCUT2D eigenvalue weighted by atomic mass is 10.1. The molecule has 1 aliphatic heterocycles. The van der Waals surface area contributed by atoms with Crippen LogP contribution in [0, 0.1) is 0 Å². The summed E-state index contributed by atoms with van der Waals surface area (Å²) < 4.78 is 0. The zero-order chi connectivity index (χ0) is 23.2. The summed E-state index contributed by atoms with van der Waals surface area (Å²) in [7, 11) is 6.21. The molecule has 0 unspecified atom stereocenters. The van der Waals surface area contributed by atoms with Crippen LogP contribution in [0.1, 0.15) is 0 Å². The van der Waals surface area contributed by atoms with Crippen molar-refractivity contribution in [3.05, 3.63) is 55.0 Å². The van der Waals surface area contributed by atoms with E-state index in [-0.39, 0.29) is 0 Å². The topological polar surface area (TPSA) is 80.0 Å². The molecule has 172 valence electrons. The average Bonchev–Trinajstić information content (AvgIpc) is 3.48. The van der Waals surface area contributed by atoms with Gasteiger partial charge >= 0.3 is 0 Å². The van der Waals surface area contributed by atoms with Crippen LogP contribution in [-0.2, 0) is 0 Å². The normalized spacial score (nSPS) is 14.9. The highest BCUT2D eigenvalue weighted by molar-refractivity contribution is 6.00. The van der Waals surface area contributed by atoms with E-state index in [0.29, 0.717) is 0 Å². The molecule has 1 aliphatic rings. The SMILES string of the molecule is CN1CCN(c2cccc3[nH]c(-c4n[nH]c5cnc(-c6cncc(N(C)C)c6)cc45)cc23)CC1. The molecule has 6 rings (SSSR count). The molecule has 0 atom stereocenters. The molecule has 0 bridgehead atoms. The van der Waals surface area contributed by atoms with E-state index in [1.807, 2.05) is 37.6 Å². The van der Waals surface area contributed by atoms with Crippen molar-refractivity contribution >= 4 is 33.2 Å². The van der Waals surface area contributed by atoms with E-state index in [1.165, 1.54) is 11.1 Å². The lowest BCUT2D eigenvalue weighted by molar-refractivity contribution is 0.313. The molecule has 1 fully saturated rings. The second kappa shape index (κ2) is 8.14. The van der Waals surface area contributed by atoms with E-state index >= 15 is 0 Å². The van der Waals surface area contributed by atoms with Crippen LogP contribution in [0.5, 0.6) is 0 Å². The number of rotatable bonds is 4. The number of nitrogens with zero attached hydrogens (tertiary/aromatic N) is 6. The Morgan fingerprint density at radius 1 is 0.912 bits per heavy atom. The maximum atomic E-state index is 4.66. The van der Waals surface area contributed by atoms with Crippen LogP contribution in [0.25, 0.3) is 44.5 Å². The first-order valence-corrected chi connectivity index (χ1v) is 11.6. The number of hydrogen-bond donors (Lipinski definition) is 2. The molecular weight excluding hydrogens is 424 g/mol. The van der Waals surface area contributed by atoms with Crippen molar-refractivity contribution < 1.29 is 0 Å². The van der Waals surface area contributed by atoms with Crippen LogP contribution in [0.3, 0.4) is 0 Å². The summed E-state index contributed by atoms with van der Waals surface area (Å²) in [6.45, 7) is 4.24. The number of likely N-dealkylation sites (N-methyl/N-ethyl adjacent to an activating group) is 1. The molecule has 4 aromatic heterocycles. The average molecular weight is 453 g/mol. The van der Waals surface area contributed by atoms with Gasteiger partial charge in [0.2, 0.25) is 0 Å². The maximum absolute atomic E-state index is 4.66. The Morgan fingerprint density at radius 3 is 2.59 bits per heavy atom. The Kier molecular flexibility index (Phi) is 4.95. The van der Waals surface area contributed by atoms with Gasteiger partial charge in [-0.2, -0.15) is 5.10 Å². The number of aromatic nitrogens is 5. The van der Waals surface area contributed by atoms with E-state index in [0.717, 1.165) is 70.9 Å². The van der Waals surface area contributed by atoms with Crippen LogP contribution < -0.4 is 9.80 Å². The first-order valence-electron chi connectivity index (χ1n) is 11.6. The van der Waals surface area contributed by atoms with Gasteiger partial charge in [0.15, 0.2) is 0 Å². The zero-order valence-corrected chi connectivity index (χ0v) is 19.7. The van der Waals surface area contributed by atoms with Crippen molar-refractivity contribution in [2.75, 3.05) is 57.1 Å². The summed E-state index contributed by atoms with van der Waals surface area (Å²) in [5, 5.41) is 10.1. The van der Waals surface area contributed by atoms with Gasteiger partial charge in [-0.3, -0.25) is 15.1 Å². The molecule has 0 saturated carbocycles. The third kappa shape index (κ3) is 3.56. The fraction of sp³-hybridized carbons (Fsp3) is 0.269. The monoisotopic (exact) mass is 452 g/mol. The highest BCUT2D eigenvalue weighted by atomic mass is 15.2. The van der Waals surface area contributed by atoms with E-state index in [1.54, 1.807) is 0 Å². The first-order chi connectivity index (χ1) is 16.6. The van der Waals surface area contributed by atoms with Crippen molar-refractivity contribution in [3.63, 3.8) is 0 Å². The molecular formula is C26H28N8. The minimum Gasteiger partial charge on any atom is -0.376 e. The summed E-state index contributed by atoms with van der Waals surface area (Å²) in [5.41, 5.74) is 8.11. The summed E-state index contributed by atoms with van der Waals surface area (Å²) in [5.74, 6) is 0. The van der Waals surface area contributed by atoms with Gasteiger partial charge in [-0.1, -0.05) is 6.07 Å². The summed E-state index contributed by atoms with van der Waals surface area (Å²) in [6, 6.07) is 12.9. The number of benzene rings is 1. The molecule has 0 amide bonds. The summed E-state index contributed by atoms with van der Waals surface area (Å²) in [4.78, 5) is 19.6. The first kappa shape index (κ1) is 20.7. The number of fused-ring (bicyclic) bond motifs is 2. The Hall–Kier alpha value is -3.91. The van der Waals surface area contributed by atoms with E-state index in [9.17, 15) is 0 Å². The number of anilines is 2.